The first-order valence-electron chi connectivity index (χ1n) is 5.55. The van der Waals surface area contributed by atoms with Gasteiger partial charge in [-0.05, 0) is 6.92 Å². The molecule has 0 aromatic heterocycles. The average molecular weight is 266 g/mol. The summed E-state index contributed by atoms with van der Waals surface area (Å²) in [6.45, 7) is 1.48. The van der Waals surface area contributed by atoms with Gasteiger partial charge in [-0.15, -0.1) is 0 Å². The molecule has 1 N–H and O–H groups in total. The number of nitro benzene ring substituents is 1. The van der Waals surface area contributed by atoms with Crippen LogP contribution in [-0.4, -0.2) is 30.0 Å². The highest BCUT2D eigenvalue weighted by Crippen LogP contribution is 2.17. The van der Waals surface area contributed by atoms with E-state index in [0.717, 1.165) is 0 Å². The SMILES string of the molecule is COC(=O)C(C)NC(=O)Cc1ccccc1[N+](=O)[O-]. The first kappa shape index (κ1) is 14.6. The number of hydrogen-bond donors (Lipinski definition) is 1. The molecule has 0 saturated heterocycles. The van der Waals surface area contributed by atoms with Crippen LogP contribution in [0.15, 0.2) is 24.3 Å². The minimum absolute atomic E-state index is 0.122. The summed E-state index contributed by atoms with van der Waals surface area (Å²) in [6.07, 6.45) is -0.168. The van der Waals surface area contributed by atoms with Gasteiger partial charge >= 0.3 is 5.97 Å². The van der Waals surface area contributed by atoms with Crippen LogP contribution in [0.25, 0.3) is 0 Å². The topological polar surface area (TPSA) is 98.5 Å². The number of nitro groups is 1. The Hall–Kier alpha value is -2.44. The van der Waals surface area contributed by atoms with Gasteiger partial charge in [-0.2, -0.15) is 0 Å². The van der Waals surface area contributed by atoms with E-state index >= 15 is 0 Å². The van der Waals surface area contributed by atoms with E-state index in [9.17, 15) is 19.7 Å². The highest BCUT2D eigenvalue weighted by atomic mass is 16.6. The number of para-hydroxylation sites is 1. The highest BCUT2D eigenvalue weighted by Gasteiger charge is 2.19. The molecule has 0 aliphatic rings. The van der Waals surface area contributed by atoms with Crippen LogP contribution >= 0.6 is 0 Å². The molecule has 1 aromatic carbocycles. The third-order valence-electron chi connectivity index (χ3n) is 2.47. The van der Waals surface area contributed by atoms with Gasteiger partial charge in [0.25, 0.3) is 5.69 Å². The van der Waals surface area contributed by atoms with E-state index in [0.29, 0.717) is 5.56 Å². The molecule has 7 nitrogen and oxygen atoms in total. The van der Waals surface area contributed by atoms with Crippen LogP contribution in [0.2, 0.25) is 0 Å². The Balaban J connectivity index is 2.72. The molecule has 7 heteroatoms. The molecule has 1 amide bonds. The number of amides is 1. The molecule has 1 aromatic rings. The Morgan fingerprint density at radius 2 is 2.05 bits per heavy atom. The zero-order valence-electron chi connectivity index (χ0n) is 10.6. The maximum absolute atomic E-state index is 11.7. The molecule has 0 heterocycles. The number of ether oxygens (including phenoxy) is 1. The molecule has 1 atom stereocenters. The second-order valence-corrected chi connectivity index (χ2v) is 3.87. The fraction of sp³-hybridized carbons (Fsp3) is 0.333. The van der Waals surface area contributed by atoms with Gasteiger partial charge in [-0.3, -0.25) is 14.9 Å². The lowest BCUT2D eigenvalue weighted by atomic mass is 10.1. The first-order chi connectivity index (χ1) is 8.95. The molecule has 19 heavy (non-hydrogen) atoms. The lowest BCUT2D eigenvalue weighted by Gasteiger charge is -2.11. The molecule has 0 aliphatic heterocycles. The quantitative estimate of drug-likeness (QED) is 0.483. The Morgan fingerprint density at radius 3 is 2.63 bits per heavy atom. The van der Waals surface area contributed by atoms with E-state index in [1.165, 1.54) is 32.2 Å². The van der Waals surface area contributed by atoms with E-state index in [2.05, 4.69) is 10.1 Å². The van der Waals surface area contributed by atoms with Crippen molar-refractivity contribution in [2.24, 2.45) is 0 Å². The third kappa shape index (κ3) is 4.06. The lowest BCUT2D eigenvalue weighted by Crippen LogP contribution is -2.39. The van der Waals surface area contributed by atoms with Crippen LogP contribution in [0.1, 0.15) is 12.5 Å². The largest absolute Gasteiger partial charge is 0.467 e. The maximum Gasteiger partial charge on any atom is 0.328 e. The maximum atomic E-state index is 11.7. The minimum atomic E-state index is -0.791. The fourth-order valence-corrected chi connectivity index (χ4v) is 1.54. The van der Waals surface area contributed by atoms with Crippen LogP contribution < -0.4 is 5.32 Å². The first-order valence-corrected chi connectivity index (χ1v) is 5.55. The van der Waals surface area contributed by atoms with Gasteiger partial charge in [0.1, 0.15) is 6.04 Å². The summed E-state index contributed by atoms with van der Waals surface area (Å²) < 4.78 is 4.46. The molecule has 0 saturated carbocycles. The number of methoxy groups -OCH3 is 1. The predicted octanol–water partition coefficient (Wildman–Crippen LogP) is 0.815. The zero-order valence-corrected chi connectivity index (χ0v) is 10.6. The summed E-state index contributed by atoms with van der Waals surface area (Å²) in [5.41, 5.74) is 0.172. The molecule has 0 spiro atoms. The van der Waals surface area contributed by atoms with E-state index in [4.69, 9.17) is 0 Å². The molecular formula is C12H14N2O5. The zero-order chi connectivity index (χ0) is 14.4. The van der Waals surface area contributed by atoms with Crippen LogP contribution in [0.3, 0.4) is 0 Å². The predicted molar refractivity (Wildman–Crippen MR) is 66.4 cm³/mol. The van der Waals surface area contributed by atoms with Crippen molar-refractivity contribution in [1.29, 1.82) is 0 Å². The summed E-state index contributed by atoms with van der Waals surface area (Å²) in [5, 5.41) is 13.2. The van der Waals surface area contributed by atoms with Crippen molar-refractivity contribution in [3.63, 3.8) is 0 Å². The standard InChI is InChI=1S/C12H14N2O5/c1-8(12(16)19-2)13-11(15)7-9-5-3-4-6-10(9)14(17)18/h3-6,8H,7H2,1-2H3,(H,13,15). The van der Waals surface area contributed by atoms with E-state index in [-0.39, 0.29) is 12.1 Å². The highest BCUT2D eigenvalue weighted by molar-refractivity contribution is 5.85. The van der Waals surface area contributed by atoms with E-state index in [1.807, 2.05) is 0 Å². The number of esters is 1. The van der Waals surface area contributed by atoms with Gasteiger partial charge < -0.3 is 10.1 Å². The molecule has 0 fully saturated rings. The summed E-state index contributed by atoms with van der Waals surface area (Å²) in [7, 11) is 1.22. The number of benzene rings is 1. The monoisotopic (exact) mass is 266 g/mol. The van der Waals surface area contributed by atoms with Crippen LogP contribution in [-0.2, 0) is 20.7 Å². The molecular weight excluding hydrogens is 252 g/mol. The smallest absolute Gasteiger partial charge is 0.328 e. The van der Waals surface area contributed by atoms with E-state index < -0.39 is 22.8 Å². The number of carbonyl (C=O) groups is 2. The summed E-state index contributed by atoms with van der Waals surface area (Å²) >= 11 is 0. The van der Waals surface area contributed by atoms with Crippen molar-refractivity contribution < 1.29 is 19.2 Å². The second kappa shape index (κ2) is 6.48. The molecule has 0 aliphatic carbocycles. The van der Waals surface area contributed by atoms with Gasteiger partial charge in [0.2, 0.25) is 5.91 Å². The third-order valence-corrected chi connectivity index (χ3v) is 2.47. The number of nitrogens with zero attached hydrogens (tertiary/aromatic N) is 1. The van der Waals surface area contributed by atoms with Gasteiger partial charge in [0.15, 0.2) is 0 Å². The summed E-state index contributed by atoms with van der Waals surface area (Å²) in [4.78, 5) is 33.0. The number of nitrogens with one attached hydrogen (secondary N) is 1. The Bertz CT molecular complexity index is 501. The Morgan fingerprint density at radius 1 is 1.42 bits per heavy atom. The Labute approximate surface area is 109 Å². The van der Waals surface area contributed by atoms with Crippen molar-refractivity contribution in [1.82, 2.24) is 5.32 Å². The van der Waals surface area contributed by atoms with Crippen molar-refractivity contribution >= 4 is 17.6 Å². The number of hydrogen-bond acceptors (Lipinski definition) is 5. The molecule has 1 unspecified atom stereocenters. The molecule has 0 radical (unpaired) electrons. The Kier molecular flexibility index (Phi) is 4.99. The van der Waals surface area contributed by atoms with Crippen LogP contribution in [0.4, 0.5) is 5.69 Å². The van der Waals surface area contributed by atoms with Crippen molar-refractivity contribution in [3.8, 4) is 0 Å². The second-order valence-electron chi connectivity index (χ2n) is 3.87. The van der Waals surface area contributed by atoms with Crippen LogP contribution in [0.5, 0.6) is 0 Å². The number of carbonyl (C=O) groups excluding carboxylic acids is 2. The molecule has 0 bridgehead atoms. The van der Waals surface area contributed by atoms with Gasteiger partial charge in [-0.25, -0.2) is 4.79 Å². The lowest BCUT2D eigenvalue weighted by molar-refractivity contribution is -0.385. The molecule has 102 valence electrons. The van der Waals surface area contributed by atoms with E-state index in [1.54, 1.807) is 6.07 Å². The normalized spacial score (nSPS) is 11.5. The van der Waals surface area contributed by atoms with Gasteiger partial charge in [-0.1, -0.05) is 18.2 Å². The van der Waals surface area contributed by atoms with Gasteiger partial charge in [0.05, 0.1) is 18.5 Å². The average Bonchev–Trinajstić information content (AvgIpc) is 2.37. The summed E-state index contributed by atoms with van der Waals surface area (Å²) in [6, 6.07) is 5.17. The summed E-state index contributed by atoms with van der Waals surface area (Å²) in [5.74, 6) is -1.05. The van der Waals surface area contributed by atoms with Crippen LogP contribution in [0, 0.1) is 10.1 Å². The van der Waals surface area contributed by atoms with Crippen molar-refractivity contribution in [3.05, 3.63) is 39.9 Å². The fourth-order valence-electron chi connectivity index (χ4n) is 1.54. The number of rotatable bonds is 5. The van der Waals surface area contributed by atoms with Crippen molar-refractivity contribution in [2.45, 2.75) is 19.4 Å². The molecule has 1 rings (SSSR count). The minimum Gasteiger partial charge on any atom is -0.467 e. The van der Waals surface area contributed by atoms with Gasteiger partial charge in [0, 0.05) is 11.6 Å². The van der Waals surface area contributed by atoms with Crippen molar-refractivity contribution in [2.75, 3.05) is 7.11 Å².